The number of ether oxygens (including phenoxy) is 1. The zero-order valence-corrected chi connectivity index (χ0v) is 14.6. The number of rotatable bonds is 5. The molecule has 0 saturated carbocycles. The van der Waals surface area contributed by atoms with Crippen molar-refractivity contribution in [2.75, 3.05) is 11.9 Å². The highest BCUT2D eigenvalue weighted by Gasteiger charge is 2.21. The van der Waals surface area contributed by atoms with Gasteiger partial charge in [-0.1, -0.05) is 12.1 Å². The molecule has 3 aromatic rings. The van der Waals surface area contributed by atoms with Gasteiger partial charge in [0.2, 0.25) is 0 Å². The van der Waals surface area contributed by atoms with E-state index in [9.17, 15) is 14.7 Å². The molecule has 2 heterocycles. The third-order valence-corrected chi connectivity index (χ3v) is 3.90. The first-order valence-corrected chi connectivity index (χ1v) is 8.03. The van der Waals surface area contributed by atoms with Gasteiger partial charge in [0, 0.05) is 11.9 Å². The second kappa shape index (κ2) is 6.83. The largest absolute Gasteiger partial charge is 0.477 e. The molecule has 0 amide bonds. The number of esters is 1. The molecule has 0 aliphatic heterocycles. The number of aromatic nitrogens is 3. The average Bonchev–Trinajstić information content (AvgIpc) is 3.03. The highest BCUT2D eigenvalue weighted by molar-refractivity contribution is 5.98. The van der Waals surface area contributed by atoms with Gasteiger partial charge in [-0.3, -0.25) is 0 Å². The van der Waals surface area contributed by atoms with Gasteiger partial charge in [0.15, 0.2) is 11.5 Å². The third kappa shape index (κ3) is 3.08. The van der Waals surface area contributed by atoms with E-state index >= 15 is 0 Å². The Labute approximate surface area is 149 Å². The number of aryl methyl sites for hydroxylation is 2. The number of aromatic carboxylic acids is 1. The summed E-state index contributed by atoms with van der Waals surface area (Å²) in [6.45, 7) is 5.77. The van der Waals surface area contributed by atoms with Crippen LogP contribution in [0.15, 0.2) is 30.6 Å². The quantitative estimate of drug-likeness (QED) is 0.678. The second-order valence-electron chi connectivity index (χ2n) is 5.78. The van der Waals surface area contributed by atoms with Crippen LogP contribution >= 0.6 is 0 Å². The molecule has 8 heteroatoms. The van der Waals surface area contributed by atoms with Crippen LogP contribution in [0.25, 0.3) is 5.65 Å². The van der Waals surface area contributed by atoms with Crippen LogP contribution in [-0.4, -0.2) is 38.3 Å². The highest BCUT2D eigenvalue weighted by Crippen LogP contribution is 2.26. The summed E-state index contributed by atoms with van der Waals surface area (Å²) in [5.41, 5.74) is 3.04. The maximum Gasteiger partial charge on any atom is 0.343 e. The number of fused-ring (bicyclic) bond motifs is 1. The maximum absolute atomic E-state index is 12.1. The number of carboxylic acids is 1. The molecule has 3 rings (SSSR count). The van der Waals surface area contributed by atoms with Crippen LogP contribution in [0.5, 0.6) is 0 Å². The summed E-state index contributed by atoms with van der Waals surface area (Å²) in [6, 6.07) is 5.81. The Bertz CT molecular complexity index is 1010. The topological polar surface area (TPSA) is 106 Å². The van der Waals surface area contributed by atoms with Crippen molar-refractivity contribution in [3.8, 4) is 0 Å². The molecule has 0 saturated heterocycles. The molecular weight excluding hydrogens is 336 g/mol. The van der Waals surface area contributed by atoms with Crippen LogP contribution in [0.3, 0.4) is 0 Å². The molecule has 0 radical (unpaired) electrons. The van der Waals surface area contributed by atoms with Crippen LogP contribution in [-0.2, 0) is 4.74 Å². The number of anilines is 2. The van der Waals surface area contributed by atoms with Crippen LogP contribution in [0.1, 0.15) is 38.8 Å². The van der Waals surface area contributed by atoms with E-state index in [0.717, 1.165) is 16.8 Å². The minimum absolute atomic E-state index is 0.0584. The average molecular weight is 354 g/mol. The molecule has 2 aromatic heterocycles. The van der Waals surface area contributed by atoms with Crippen molar-refractivity contribution in [1.29, 1.82) is 0 Å². The number of hydrogen-bond donors (Lipinski definition) is 2. The summed E-state index contributed by atoms with van der Waals surface area (Å²) < 4.78 is 6.30. The molecule has 26 heavy (non-hydrogen) atoms. The summed E-state index contributed by atoms with van der Waals surface area (Å²) in [7, 11) is 0. The smallest absolute Gasteiger partial charge is 0.343 e. The van der Waals surface area contributed by atoms with E-state index in [2.05, 4.69) is 15.4 Å². The Morgan fingerprint density at radius 3 is 2.69 bits per heavy atom. The summed E-state index contributed by atoms with van der Waals surface area (Å²) >= 11 is 0. The number of nitrogens with one attached hydrogen (secondary N) is 1. The Morgan fingerprint density at radius 2 is 2.00 bits per heavy atom. The minimum atomic E-state index is -1.15. The van der Waals surface area contributed by atoms with Crippen molar-refractivity contribution < 1.29 is 19.4 Å². The lowest BCUT2D eigenvalue weighted by molar-refractivity contribution is 0.0528. The Morgan fingerprint density at radius 1 is 1.23 bits per heavy atom. The van der Waals surface area contributed by atoms with Gasteiger partial charge in [0.05, 0.1) is 12.8 Å². The number of hydrogen-bond acceptors (Lipinski definition) is 6. The van der Waals surface area contributed by atoms with E-state index in [-0.39, 0.29) is 29.2 Å². The molecule has 2 N–H and O–H groups in total. The molecule has 0 bridgehead atoms. The molecule has 0 unspecified atom stereocenters. The van der Waals surface area contributed by atoms with Crippen LogP contribution < -0.4 is 5.32 Å². The van der Waals surface area contributed by atoms with Crippen molar-refractivity contribution >= 4 is 29.1 Å². The first-order valence-electron chi connectivity index (χ1n) is 8.03. The predicted octanol–water partition coefficient (Wildman–Crippen LogP) is 2.96. The Balaban J connectivity index is 2.18. The lowest BCUT2D eigenvalue weighted by Gasteiger charge is -2.14. The van der Waals surface area contributed by atoms with Crippen molar-refractivity contribution in [3.63, 3.8) is 0 Å². The molecule has 0 aliphatic carbocycles. The lowest BCUT2D eigenvalue weighted by Crippen LogP contribution is -2.11. The van der Waals surface area contributed by atoms with E-state index in [0.29, 0.717) is 0 Å². The Hall–Kier alpha value is -3.42. The minimum Gasteiger partial charge on any atom is -0.477 e. The van der Waals surface area contributed by atoms with E-state index in [4.69, 9.17) is 4.74 Å². The second-order valence-corrected chi connectivity index (χ2v) is 5.78. The number of carbonyl (C=O) groups excluding carboxylic acids is 1. The number of nitrogens with zero attached hydrogens (tertiary/aromatic N) is 3. The summed E-state index contributed by atoms with van der Waals surface area (Å²) in [5.74, 6) is -1.50. The summed E-state index contributed by atoms with van der Waals surface area (Å²) in [6.07, 6.45) is 2.52. The van der Waals surface area contributed by atoms with Gasteiger partial charge in [0.25, 0.3) is 0 Å². The third-order valence-electron chi connectivity index (χ3n) is 3.90. The fraction of sp³-hybridized carbons (Fsp3) is 0.222. The van der Waals surface area contributed by atoms with Crippen molar-refractivity contribution in [2.24, 2.45) is 0 Å². The van der Waals surface area contributed by atoms with Gasteiger partial charge in [-0.25, -0.2) is 14.6 Å². The molecule has 0 fully saturated rings. The zero-order valence-electron chi connectivity index (χ0n) is 14.6. The van der Waals surface area contributed by atoms with E-state index in [1.807, 2.05) is 32.0 Å². The van der Waals surface area contributed by atoms with Crippen molar-refractivity contribution in [2.45, 2.75) is 20.8 Å². The van der Waals surface area contributed by atoms with Gasteiger partial charge < -0.3 is 15.2 Å². The number of carboxylic acid groups (broad SMARTS) is 1. The normalized spacial score (nSPS) is 10.7. The van der Waals surface area contributed by atoms with Gasteiger partial charge >= 0.3 is 11.9 Å². The fourth-order valence-corrected chi connectivity index (χ4v) is 2.56. The standard InChI is InChI=1S/C18H18N4O4/c1-4-26-18(25)13-9-20-22-15(13)19-8-12(17(23)24)16(22)21-14-7-10(2)5-6-11(14)3/h5-9,21H,4H2,1-3H3,(H,23,24). The first kappa shape index (κ1) is 17.4. The SMILES string of the molecule is CCOC(=O)c1cnn2c(Nc3cc(C)ccc3C)c(C(=O)O)cnc12. The van der Waals surface area contributed by atoms with Crippen molar-refractivity contribution in [3.05, 3.63) is 52.8 Å². The number of benzene rings is 1. The van der Waals surface area contributed by atoms with Gasteiger partial charge in [-0.15, -0.1) is 0 Å². The number of carbonyl (C=O) groups is 2. The predicted molar refractivity (Wildman–Crippen MR) is 95.1 cm³/mol. The monoisotopic (exact) mass is 354 g/mol. The maximum atomic E-state index is 12.1. The summed E-state index contributed by atoms with van der Waals surface area (Å²) in [5, 5.41) is 16.8. The fourth-order valence-electron chi connectivity index (χ4n) is 2.56. The zero-order chi connectivity index (χ0) is 18.8. The van der Waals surface area contributed by atoms with E-state index in [1.165, 1.54) is 16.9 Å². The van der Waals surface area contributed by atoms with Crippen LogP contribution in [0.2, 0.25) is 0 Å². The van der Waals surface area contributed by atoms with E-state index < -0.39 is 11.9 Å². The molecule has 0 spiro atoms. The van der Waals surface area contributed by atoms with Gasteiger partial charge in [-0.2, -0.15) is 9.61 Å². The highest BCUT2D eigenvalue weighted by atomic mass is 16.5. The van der Waals surface area contributed by atoms with E-state index in [1.54, 1.807) is 6.92 Å². The molecule has 0 atom stereocenters. The van der Waals surface area contributed by atoms with Crippen molar-refractivity contribution in [1.82, 2.24) is 14.6 Å². The van der Waals surface area contributed by atoms with Gasteiger partial charge in [-0.05, 0) is 38.0 Å². The first-order chi connectivity index (χ1) is 12.4. The molecule has 0 aliphatic rings. The Kier molecular flexibility index (Phi) is 4.57. The molecule has 134 valence electrons. The molecule has 1 aromatic carbocycles. The van der Waals surface area contributed by atoms with Gasteiger partial charge in [0.1, 0.15) is 11.1 Å². The van der Waals surface area contributed by atoms with Crippen LogP contribution in [0, 0.1) is 13.8 Å². The molecular formula is C18H18N4O4. The summed E-state index contributed by atoms with van der Waals surface area (Å²) in [4.78, 5) is 27.8. The molecule has 8 nitrogen and oxygen atoms in total. The lowest BCUT2D eigenvalue weighted by atomic mass is 10.1. The van der Waals surface area contributed by atoms with Crippen LogP contribution in [0.4, 0.5) is 11.5 Å².